The lowest BCUT2D eigenvalue weighted by Gasteiger charge is -2.20. The average molecular weight is 308 g/mol. The summed E-state index contributed by atoms with van der Waals surface area (Å²) in [6, 6.07) is 5.84. The highest BCUT2D eigenvalue weighted by atomic mass is 35.5. The number of hydrogen-bond donors (Lipinski definition) is 1. The SMILES string of the molecule is CNC(Cc1c(C)nn(C)c1C)c1cc(Cl)ccc1OC. The molecule has 0 aliphatic carbocycles. The molecule has 1 unspecified atom stereocenters. The highest BCUT2D eigenvalue weighted by molar-refractivity contribution is 6.30. The lowest BCUT2D eigenvalue weighted by molar-refractivity contribution is 0.401. The van der Waals surface area contributed by atoms with Crippen molar-refractivity contribution in [1.82, 2.24) is 15.1 Å². The van der Waals surface area contributed by atoms with E-state index in [2.05, 4.69) is 17.3 Å². The maximum atomic E-state index is 6.14. The maximum Gasteiger partial charge on any atom is 0.123 e. The highest BCUT2D eigenvalue weighted by Gasteiger charge is 2.19. The van der Waals surface area contributed by atoms with Crippen LogP contribution in [-0.2, 0) is 13.5 Å². The van der Waals surface area contributed by atoms with Crippen LogP contribution in [0.1, 0.15) is 28.6 Å². The largest absolute Gasteiger partial charge is 0.496 e. The van der Waals surface area contributed by atoms with Gasteiger partial charge in [0.15, 0.2) is 0 Å². The summed E-state index contributed by atoms with van der Waals surface area (Å²) in [5.41, 5.74) is 4.58. The second-order valence-corrected chi connectivity index (χ2v) is 5.64. The first-order valence-corrected chi connectivity index (χ1v) is 7.35. The van der Waals surface area contributed by atoms with Crippen molar-refractivity contribution in [3.63, 3.8) is 0 Å². The van der Waals surface area contributed by atoms with Gasteiger partial charge in [-0.05, 0) is 51.1 Å². The quantitative estimate of drug-likeness (QED) is 0.922. The van der Waals surface area contributed by atoms with E-state index >= 15 is 0 Å². The zero-order valence-electron chi connectivity index (χ0n) is 13.2. The van der Waals surface area contributed by atoms with Crippen LogP contribution >= 0.6 is 11.6 Å². The van der Waals surface area contributed by atoms with E-state index in [1.165, 1.54) is 11.3 Å². The number of halogens is 1. The van der Waals surface area contributed by atoms with E-state index in [0.717, 1.165) is 23.4 Å². The van der Waals surface area contributed by atoms with E-state index in [4.69, 9.17) is 16.3 Å². The molecular formula is C16H22ClN3O. The van der Waals surface area contributed by atoms with Crippen molar-refractivity contribution in [3.8, 4) is 5.75 Å². The van der Waals surface area contributed by atoms with Gasteiger partial charge in [-0.3, -0.25) is 4.68 Å². The van der Waals surface area contributed by atoms with Crippen LogP contribution < -0.4 is 10.1 Å². The number of nitrogens with zero attached hydrogens (tertiary/aromatic N) is 2. The third-order valence-electron chi connectivity index (χ3n) is 3.98. The van der Waals surface area contributed by atoms with Gasteiger partial charge in [0.25, 0.3) is 0 Å². The molecule has 2 rings (SSSR count). The molecule has 1 aromatic carbocycles. The van der Waals surface area contributed by atoms with Crippen molar-refractivity contribution in [3.05, 3.63) is 45.7 Å². The van der Waals surface area contributed by atoms with Gasteiger partial charge in [0.1, 0.15) is 5.75 Å². The van der Waals surface area contributed by atoms with E-state index in [1.807, 2.05) is 43.9 Å². The highest BCUT2D eigenvalue weighted by Crippen LogP contribution is 2.31. The van der Waals surface area contributed by atoms with Crippen LogP contribution in [0.3, 0.4) is 0 Å². The molecule has 0 saturated carbocycles. The molecule has 0 spiro atoms. The number of methoxy groups -OCH3 is 1. The van der Waals surface area contributed by atoms with E-state index in [-0.39, 0.29) is 6.04 Å². The minimum absolute atomic E-state index is 0.125. The minimum Gasteiger partial charge on any atom is -0.496 e. The van der Waals surface area contributed by atoms with Crippen LogP contribution in [0.25, 0.3) is 0 Å². The van der Waals surface area contributed by atoms with Crippen molar-refractivity contribution in [2.45, 2.75) is 26.3 Å². The Morgan fingerprint density at radius 1 is 1.38 bits per heavy atom. The molecule has 0 aliphatic heterocycles. The van der Waals surface area contributed by atoms with Gasteiger partial charge in [-0.25, -0.2) is 0 Å². The summed E-state index contributed by atoms with van der Waals surface area (Å²) < 4.78 is 7.39. The van der Waals surface area contributed by atoms with Crippen LogP contribution in [0.2, 0.25) is 5.02 Å². The predicted molar refractivity (Wildman–Crippen MR) is 86.2 cm³/mol. The zero-order chi connectivity index (χ0) is 15.6. The molecule has 0 bridgehead atoms. The van der Waals surface area contributed by atoms with Crippen molar-refractivity contribution in [2.75, 3.05) is 14.2 Å². The van der Waals surface area contributed by atoms with Crippen molar-refractivity contribution in [2.24, 2.45) is 7.05 Å². The number of aromatic nitrogens is 2. The molecule has 1 aromatic heterocycles. The van der Waals surface area contributed by atoms with Crippen LogP contribution in [-0.4, -0.2) is 23.9 Å². The second-order valence-electron chi connectivity index (χ2n) is 5.20. The van der Waals surface area contributed by atoms with Gasteiger partial charge in [-0.15, -0.1) is 0 Å². The third kappa shape index (κ3) is 3.22. The fraction of sp³-hybridized carbons (Fsp3) is 0.438. The Kier molecular flexibility index (Phi) is 4.91. The number of ether oxygens (including phenoxy) is 1. The summed E-state index contributed by atoms with van der Waals surface area (Å²) in [5.74, 6) is 0.845. The fourth-order valence-corrected chi connectivity index (χ4v) is 2.84. The summed E-state index contributed by atoms with van der Waals surface area (Å²) in [7, 11) is 5.60. The van der Waals surface area contributed by atoms with Crippen LogP contribution in [0.15, 0.2) is 18.2 Å². The van der Waals surface area contributed by atoms with Gasteiger partial charge in [0.05, 0.1) is 12.8 Å². The molecule has 0 radical (unpaired) electrons. The molecule has 0 fully saturated rings. The number of nitrogens with one attached hydrogen (secondary N) is 1. The maximum absolute atomic E-state index is 6.14. The number of likely N-dealkylation sites (N-methyl/N-ethyl adjacent to an activating group) is 1. The summed E-state index contributed by atoms with van der Waals surface area (Å²) in [4.78, 5) is 0. The lowest BCUT2D eigenvalue weighted by atomic mass is 9.97. The minimum atomic E-state index is 0.125. The van der Waals surface area contributed by atoms with Gasteiger partial charge in [-0.2, -0.15) is 5.10 Å². The molecule has 1 atom stereocenters. The first-order chi connectivity index (χ1) is 9.97. The zero-order valence-corrected chi connectivity index (χ0v) is 14.0. The molecule has 2 aromatic rings. The van der Waals surface area contributed by atoms with Crippen molar-refractivity contribution >= 4 is 11.6 Å². The molecule has 5 heteroatoms. The molecule has 1 heterocycles. The van der Waals surface area contributed by atoms with E-state index in [9.17, 15) is 0 Å². The van der Waals surface area contributed by atoms with Gasteiger partial charge >= 0.3 is 0 Å². The van der Waals surface area contributed by atoms with Gasteiger partial charge in [-0.1, -0.05) is 11.6 Å². The number of benzene rings is 1. The number of hydrogen-bond acceptors (Lipinski definition) is 3. The number of rotatable bonds is 5. The molecule has 0 saturated heterocycles. The van der Waals surface area contributed by atoms with E-state index < -0.39 is 0 Å². The standard InChI is InChI=1S/C16H22ClN3O/c1-10-13(11(2)20(4)19-10)9-15(18-3)14-8-12(17)6-7-16(14)21-5/h6-8,15,18H,9H2,1-5H3. The normalized spacial score (nSPS) is 12.5. The Labute approximate surface area is 131 Å². The molecule has 114 valence electrons. The molecule has 4 nitrogen and oxygen atoms in total. The fourth-order valence-electron chi connectivity index (χ4n) is 2.66. The van der Waals surface area contributed by atoms with Gasteiger partial charge < -0.3 is 10.1 Å². The van der Waals surface area contributed by atoms with E-state index in [0.29, 0.717) is 5.02 Å². The second kappa shape index (κ2) is 6.50. The van der Waals surface area contributed by atoms with Crippen LogP contribution in [0.5, 0.6) is 5.75 Å². The average Bonchev–Trinajstić information content (AvgIpc) is 2.70. The number of aryl methyl sites for hydroxylation is 2. The molecule has 0 aliphatic rings. The first kappa shape index (κ1) is 15.9. The van der Waals surface area contributed by atoms with Crippen molar-refractivity contribution in [1.29, 1.82) is 0 Å². The summed E-state index contributed by atoms with van der Waals surface area (Å²) in [6.45, 7) is 4.14. The summed E-state index contributed by atoms with van der Waals surface area (Å²) >= 11 is 6.14. The third-order valence-corrected chi connectivity index (χ3v) is 4.22. The van der Waals surface area contributed by atoms with Gasteiger partial charge in [0.2, 0.25) is 0 Å². The van der Waals surface area contributed by atoms with Gasteiger partial charge in [0, 0.05) is 29.4 Å². The molecule has 21 heavy (non-hydrogen) atoms. The summed E-state index contributed by atoms with van der Waals surface area (Å²) in [6.07, 6.45) is 0.846. The Bertz CT molecular complexity index is 637. The van der Waals surface area contributed by atoms with E-state index in [1.54, 1.807) is 7.11 Å². The molecular weight excluding hydrogens is 286 g/mol. The Morgan fingerprint density at radius 2 is 2.10 bits per heavy atom. The Morgan fingerprint density at radius 3 is 2.62 bits per heavy atom. The Hall–Kier alpha value is -1.52. The predicted octanol–water partition coefficient (Wildman–Crippen LogP) is 3.20. The lowest BCUT2D eigenvalue weighted by Crippen LogP contribution is -2.20. The monoisotopic (exact) mass is 307 g/mol. The topological polar surface area (TPSA) is 39.1 Å². The molecule has 1 N–H and O–H groups in total. The smallest absolute Gasteiger partial charge is 0.123 e. The van der Waals surface area contributed by atoms with Crippen molar-refractivity contribution < 1.29 is 4.74 Å². The first-order valence-electron chi connectivity index (χ1n) is 6.97. The van der Waals surface area contributed by atoms with Crippen LogP contribution in [0, 0.1) is 13.8 Å². The van der Waals surface area contributed by atoms with Crippen LogP contribution in [0.4, 0.5) is 0 Å². The summed E-state index contributed by atoms with van der Waals surface area (Å²) in [5, 5.41) is 8.55. The Balaban J connectivity index is 2.38. The molecule has 0 amide bonds.